The molecule has 2 heterocycles. The number of rotatable bonds is 13. The van der Waals surface area contributed by atoms with Crippen molar-refractivity contribution in [2.24, 2.45) is 5.92 Å². The highest BCUT2D eigenvalue weighted by molar-refractivity contribution is 5.98. The summed E-state index contributed by atoms with van der Waals surface area (Å²) in [6.45, 7) is 26.9. The maximum atomic E-state index is 12.9. The molecule has 0 spiro atoms. The number of hydrogen-bond donors (Lipinski definition) is 0. The smallest absolute Gasteiger partial charge is 0.293 e. The van der Waals surface area contributed by atoms with Gasteiger partial charge < -0.3 is 19.4 Å². The van der Waals surface area contributed by atoms with E-state index in [0.29, 0.717) is 19.0 Å². The minimum absolute atomic E-state index is 0.127. The summed E-state index contributed by atoms with van der Waals surface area (Å²) in [5, 5.41) is 0. The third-order valence-corrected chi connectivity index (χ3v) is 8.20. The van der Waals surface area contributed by atoms with Crippen molar-refractivity contribution in [1.82, 2.24) is 14.7 Å². The first-order chi connectivity index (χ1) is 21.2. The first kappa shape index (κ1) is 38.5. The molecule has 2 saturated heterocycles. The van der Waals surface area contributed by atoms with Gasteiger partial charge >= 0.3 is 0 Å². The lowest BCUT2D eigenvalue weighted by molar-refractivity contribution is -0.130. The number of nitrogens with zero attached hydrogens (tertiary/aromatic N) is 3. The Morgan fingerprint density at radius 3 is 2.30 bits per heavy atom. The molecule has 3 rings (SSSR count). The third-order valence-electron chi connectivity index (χ3n) is 8.20. The van der Waals surface area contributed by atoms with Gasteiger partial charge in [0.05, 0.1) is 0 Å². The first-order valence-corrected chi connectivity index (χ1v) is 16.0. The van der Waals surface area contributed by atoms with Crippen molar-refractivity contribution >= 4 is 12.4 Å². The van der Waals surface area contributed by atoms with E-state index in [9.17, 15) is 9.59 Å². The summed E-state index contributed by atoms with van der Waals surface area (Å²) >= 11 is 0. The van der Waals surface area contributed by atoms with Crippen LogP contribution in [0.1, 0.15) is 58.9 Å². The molecule has 1 atom stereocenters. The molecule has 0 saturated carbocycles. The Kier molecular flexibility index (Phi) is 20.1. The molecule has 1 amide bonds. The molecule has 6 nitrogen and oxygen atoms in total. The number of benzene rings is 1. The van der Waals surface area contributed by atoms with Crippen LogP contribution < -0.4 is 0 Å². The second-order valence-corrected chi connectivity index (χ2v) is 11.3. The Balaban J connectivity index is 0.000000437. The van der Waals surface area contributed by atoms with E-state index in [1.165, 1.54) is 31.5 Å². The van der Waals surface area contributed by atoms with E-state index in [-0.39, 0.29) is 5.91 Å². The maximum Gasteiger partial charge on any atom is 0.293 e. The number of carbonyl (C=O) groups is 2. The lowest BCUT2D eigenvalue weighted by Gasteiger charge is -2.37. The number of amides is 1. The number of hydrogen-bond acceptors (Lipinski definition) is 5. The van der Waals surface area contributed by atoms with Crippen molar-refractivity contribution < 1.29 is 14.3 Å². The lowest BCUT2D eigenvalue weighted by atomic mass is 10.0. The fraction of sp³-hybridized carbons (Fsp3) is 0.474. The number of ether oxygens (including phenoxy) is 1. The van der Waals surface area contributed by atoms with Crippen molar-refractivity contribution in [3.05, 3.63) is 109 Å². The van der Waals surface area contributed by atoms with Crippen LogP contribution in [0.25, 0.3) is 0 Å². The fourth-order valence-corrected chi connectivity index (χ4v) is 5.17. The molecule has 6 heteroatoms. The molecule has 2 aliphatic heterocycles. The number of piperidine rings is 1. The minimum atomic E-state index is 0.127. The maximum absolute atomic E-state index is 12.9. The van der Waals surface area contributed by atoms with Crippen LogP contribution in [0, 0.1) is 5.92 Å². The van der Waals surface area contributed by atoms with Crippen molar-refractivity contribution in [2.75, 3.05) is 46.3 Å². The number of likely N-dealkylation sites (tertiary alicyclic amines) is 2. The van der Waals surface area contributed by atoms with Gasteiger partial charge in [0.1, 0.15) is 6.61 Å². The molecule has 1 aromatic carbocycles. The predicted octanol–water partition coefficient (Wildman–Crippen LogP) is 7.38. The van der Waals surface area contributed by atoms with Crippen LogP contribution in [0.3, 0.4) is 0 Å². The molecule has 0 N–H and O–H groups in total. The Morgan fingerprint density at radius 2 is 1.75 bits per heavy atom. The monoisotopic (exact) mass is 603 g/mol. The van der Waals surface area contributed by atoms with Crippen LogP contribution >= 0.6 is 0 Å². The van der Waals surface area contributed by atoms with Crippen molar-refractivity contribution in [3.63, 3.8) is 0 Å². The number of allylic oxidation sites excluding steroid dienone is 7. The van der Waals surface area contributed by atoms with Crippen molar-refractivity contribution in [3.8, 4) is 0 Å². The van der Waals surface area contributed by atoms with Gasteiger partial charge in [-0.25, -0.2) is 0 Å². The van der Waals surface area contributed by atoms with Crippen LogP contribution in [0.15, 0.2) is 103 Å². The summed E-state index contributed by atoms with van der Waals surface area (Å²) in [7, 11) is 2.24. The third kappa shape index (κ3) is 14.8. The van der Waals surface area contributed by atoms with Crippen LogP contribution in [0.2, 0.25) is 0 Å². The summed E-state index contributed by atoms with van der Waals surface area (Å²) in [4.78, 5) is 29.7. The highest BCUT2D eigenvalue weighted by atomic mass is 16.5. The zero-order valence-electron chi connectivity index (χ0n) is 28.0. The van der Waals surface area contributed by atoms with Gasteiger partial charge in [-0.05, 0) is 89.3 Å². The summed E-state index contributed by atoms with van der Waals surface area (Å²) in [6, 6.07) is 10.3. The summed E-state index contributed by atoms with van der Waals surface area (Å²) < 4.78 is 4.54. The Bertz CT molecular complexity index is 1100. The quantitative estimate of drug-likeness (QED) is 0.134. The molecule has 0 aliphatic carbocycles. The molecule has 0 aromatic heterocycles. The highest BCUT2D eigenvalue weighted by Crippen LogP contribution is 2.24. The van der Waals surface area contributed by atoms with E-state index in [0.717, 1.165) is 61.8 Å². The van der Waals surface area contributed by atoms with Gasteiger partial charge in [0.15, 0.2) is 0 Å². The van der Waals surface area contributed by atoms with Crippen molar-refractivity contribution in [2.45, 2.75) is 66.0 Å². The standard InChI is InChI=1S/C22H37N3O.C8H8O2.C8H12/c1-6-9-21(18(4)7-2)22(26)25-15-10-19(17-25)16-24-13-11-20(12-14-24)23(5)8-3;9-7-10-6-8-4-2-1-3-5-8;1-4-6-7-8(3)5-2/h6,9,19-20H,1,4,7-8,10-17H2,2-3,5H3;1-5,7H,6H2;4-7H,1H2,2-3H3/b21-9+;;7-6-,8-5-/t19-;;/m1../s1. The predicted molar refractivity (Wildman–Crippen MR) is 186 cm³/mol. The summed E-state index contributed by atoms with van der Waals surface area (Å²) in [5.41, 5.74) is 3.91. The Labute approximate surface area is 268 Å². The second-order valence-electron chi connectivity index (χ2n) is 11.3. The molecule has 0 bridgehead atoms. The molecule has 1 aromatic rings. The topological polar surface area (TPSA) is 53.1 Å². The van der Waals surface area contributed by atoms with Gasteiger partial charge in [0.25, 0.3) is 12.4 Å². The molecule has 0 unspecified atom stereocenters. The van der Waals surface area contributed by atoms with Crippen LogP contribution in [-0.4, -0.2) is 79.4 Å². The van der Waals surface area contributed by atoms with Gasteiger partial charge in [0.2, 0.25) is 0 Å². The lowest BCUT2D eigenvalue weighted by Crippen LogP contribution is -2.45. The largest absolute Gasteiger partial charge is 0.463 e. The van der Waals surface area contributed by atoms with Gasteiger partial charge in [-0.1, -0.05) is 99.9 Å². The average molecular weight is 604 g/mol. The van der Waals surface area contributed by atoms with Crippen molar-refractivity contribution in [1.29, 1.82) is 0 Å². The van der Waals surface area contributed by atoms with E-state index < -0.39 is 0 Å². The van der Waals surface area contributed by atoms with E-state index in [2.05, 4.69) is 61.2 Å². The average Bonchev–Trinajstić information content (AvgIpc) is 3.54. The fourth-order valence-electron chi connectivity index (χ4n) is 5.17. The summed E-state index contributed by atoms with van der Waals surface area (Å²) in [5.74, 6) is 0.724. The minimum Gasteiger partial charge on any atom is -0.463 e. The Morgan fingerprint density at radius 1 is 1.07 bits per heavy atom. The molecule has 242 valence electrons. The van der Waals surface area contributed by atoms with Crippen LogP contribution in [0.4, 0.5) is 0 Å². The van der Waals surface area contributed by atoms with E-state index in [4.69, 9.17) is 0 Å². The zero-order valence-corrected chi connectivity index (χ0v) is 28.0. The van der Waals surface area contributed by atoms with Crippen LogP contribution in [-0.2, 0) is 20.9 Å². The first-order valence-electron chi connectivity index (χ1n) is 16.0. The van der Waals surface area contributed by atoms with E-state index >= 15 is 0 Å². The van der Waals surface area contributed by atoms with Gasteiger partial charge in [-0.3, -0.25) is 9.59 Å². The molecule has 2 aliphatic rings. The molecular weight excluding hydrogens is 546 g/mol. The SMILES string of the molecule is C=C/C=C(\C(=C)CC)C(=O)N1CC[C@H](CN2CCC(N(C)CC)CC2)C1.C=C/C=C\C(C)=C/C.O=COCc1ccccc1. The van der Waals surface area contributed by atoms with Crippen LogP contribution in [0.5, 0.6) is 0 Å². The van der Waals surface area contributed by atoms with Gasteiger partial charge in [-0.15, -0.1) is 0 Å². The summed E-state index contributed by atoms with van der Waals surface area (Å²) in [6.07, 6.45) is 15.7. The zero-order chi connectivity index (χ0) is 32.7. The molecule has 2 fully saturated rings. The van der Waals surface area contributed by atoms with Gasteiger partial charge in [0, 0.05) is 31.2 Å². The van der Waals surface area contributed by atoms with E-state index in [1.807, 2.05) is 67.3 Å². The van der Waals surface area contributed by atoms with E-state index in [1.54, 1.807) is 12.2 Å². The molecule has 0 radical (unpaired) electrons. The molecule has 44 heavy (non-hydrogen) atoms. The normalized spacial score (nSPS) is 17.8. The second kappa shape index (κ2) is 23.0. The number of carbonyl (C=O) groups excluding carboxylic acids is 2. The Hall–Kier alpha value is -3.48. The molecular formula is C38H57N3O3. The van der Waals surface area contributed by atoms with Gasteiger partial charge in [-0.2, -0.15) is 0 Å². The highest BCUT2D eigenvalue weighted by Gasteiger charge is 2.31.